The Bertz CT molecular complexity index is 902. The third-order valence-electron chi connectivity index (χ3n) is 3.59. The Labute approximate surface area is 156 Å². The highest BCUT2D eigenvalue weighted by atomic mass is 19.4. The summed E-state index contributed by atoms with van der Waals surface area (Å²) in [5.74, 6) is -3.02. The number of alkyl halides is 3. The van der Waals surface area contributed by atoms with Crippen LogP contribution in [-0.4, -0.2) is 16.9 Å². The molecular weight excluding hydrogens is 387 g/mol. The number of pyridine rings is 1. The van der Waals surface area contributed by atoms with Gasteiger partial charge in [0, 0.05) is 18.7 Å². The molecule has 11 heteroatoms. The molecule has 3 N–H and O–H groups in total. The Kier molecular flexibility index (Phi) is 6.16. The lowest BCUT2D eigenvalue weighted by Crippen LogP contribution is -2.46. The van der Waals surface area contributed by atoms with Crippen molar-refractivity contribution in [3.8, 4) is 11.1 Å². The number of halogens is 5. The monoisotopic (exact) mass is 402 g/mol. The lowest BCUT2D eigenvalue weighted by Gasteiger charge is -2.17. The van der Waals surface area contributed by atoms with Gasteiger partial charge in [-0.3, -0.25) is 15.2 Å². The molecule has 0 fully saturated rings. The van der Waals surface area contributed by atoms with Gasteiger partial charge < -0.3 is 5.32 Å². The van der Waals surface area contributed by atoms with Gasteiger partial charge in [-0.2, -0.15) is 13.2 Å². The number of hydrogen-bond acceptors (Lipinski definition) is 3. The summed E-state index contributed by atoms with van der Waals surface area (Å²) >= 11 is 0. The molecule has 0 radical (unpaired) electrons. The molecule has 0 saturated carbocycles. The fourth-order valence-electron chi connectivity index (χ4n) is 2.41. The van der Waals surface area contributed by atoms with E-state index in [2.05, 4.69) is 10.3 Å². The molecule has 0 bridgehead atoms. The molecule has 0 aliphatic carbocycles. The molecule has 0 saturated heterocycles. The van der Waals surface area contributed by atoms with E-state index in [0.717, 1.165) is 31.3 Å². The Balaban J connectivity index is 2.30. The maximum atomic E-state index is 14.4. The second-order valence-corrected chi connectivity index (χ2v) is 5.75. The first-order chi connectivity index (χ1) is 13.0. The number of carbonyl (C=O) groups is 2. The van der Waals surface area contributed by atoms with Crippen molar-refractivity contribution in [3.05, 3.63) is 53.4 Å². The number of amides is 3. The summed E-state index contributed by atoms with van der Waals surface area (Å²) in [4.78, 5) is 26.1. The summed E-state index contributed by atoms with van der Waals surface area (Å²) in [5.41, 5.74) is 1.40. The molecule has 1 aromatic heterocycles. The molecule has 1 aromatic carbocycles. The highest BCUT2D eigenvalue weighted by Gasteiger charge is 2.37. The number of aromatic nitrogens is 1. The topological polar surface area (TPSA) is 83.1 Å². The quantitative estimate of drug-likeness (QED) is 0.543. The first-order valence-electron chi connectivity index (χ1n) is 7.85. The maximum absolute atomic E-state index is 14.4. The van der Waals surface area contributed by atoms with Crippen LogP contribution in [0.5, 0.6) is 0 Å². The van der Waals surface area contributed by atoms with Crippen LogP contribution < -0.4 is 16.2 Å². The Morgan fingerprint density at radius 3 is 2.36 bits per heavy atom. The van der Waals surface area contributed by atoms with Crippen molar-refractivity contribution in [2.75, 3.05) is 0 Å². The Morgan fingerprint density at radius 1 is 1.11 bits per heavy atom. The van der Waals surface area contributed by atoms with E-state index in [4.69, 9.17) is 0 Å². The highest BCUT2D eigenvalue weighted by Crippen LogP contribution is 2.39. The molecule has 0 aliphatic rings. The zero-order valence-corrected chi connectivity index (χ0v) is 14.6. The molecule has 2 rings (SSSR count). The van der Waals surface area contributed by atoms with Gasteiger partial charge >= 0.3 is 12.2 Å². The van der Waals surface area contributed by atoms with E-state index < -0.39 is 46.9 Å². The summed E-state index contributed by atoms with van der Waals surface area (Å²) in [6, 6.07) is 1.68. The molecule has 2 aromatic rings. The molecular formula is C17H15F5N4O2. The zero-order chi connectivity index (χ0) is 21.1. The summed E-state index contributed by atoms with van der Waals surface area (Å²) in [6.45, 7) is 2.53. The third kappa shape index (κ3) is 4.93. The van der Waals surface area contributed by atoms with Gasteiger partial charge in [0.2, 0.25) is 5.91 Å². The SMILES string of the molecule is CC(=O)NNC(=O)NC(C)c1ncc(-c2cccc(F)c2C(F)(F)F)cc1F. The van der Waals surface area contributed by atoms with Crippen molar-refractivity contribution in [2.24, 2.45) is 0 Å². The van der Waals surface area contributed by atoms with E-state index in [0.29, 0.717) is 6.07 Å². The minimum Gasteiger partial charge on any atom is -0.329 e. The normalized spacial score (nSPS) is 12.2. The Morgan fingerprint density at radius 2 is 1.79 bits per heavy atom. The van der Waals surface area contributed by atoms with Crippen molar-refractivity contribution < 1.29 is 31.5 Å². The minimum absolute atomic E-state index is 0.258. The van der Waals surface area contributed by atoms with Gasteiger partial charge in [-0.05, 0) is 24.6 Å². The van der Waals surface area contributed by atoms with E-state index >= 15 is 0 Å². The predicted molar refractivity (Wildman–Crippen MR) is 88.5 cm³/mol. The highest BCUT2D eigenvalue weighted by molar-refractivity contribution is 5.79. The van der Waals surface area contributed by atoms with Crippen molar-refractivity contribution in [3.63, 3.8) is 0 Å². The van der Waals surface area contributed by atoms with Crippen molar-refractivity contribution in [1.29, 1.82) is 0 Å². The van der Waals surface area contributed by atoms with Crippen LogP contribution in [0.1, 0.15) is 31.1 Å². The van der Waals surface area contributed by atoms with Gasteiger partial charge in [0.1, 0.15) is 11.6 Å². The zero-order valence-electron chi connectivity index (χ0n) is 14.6. The van der Waals surface area contributed by atoms with E-state index in [1.54, 1.807) is 0 Å². The van der Waals surface area contributed by atoms with Crippen LogP contribution in [0.15, 0.2) is 30.5 Å². The maximum Gasteiger partial charge on any atom is 0.419 e. The number of nitrogens with one attached hydrogen (secondary N) is 3. The van der Waals surface area contributed by atoms with E-state index in [1.165, 1.54) is 6.92 Å². The van der Waals surface area contributed by atoms with E-state index in [-0.39, 0.29) is 11.3 Å². The van der Waals surface area contributed by atoms with Crippen LogP contribution in [0.3, 0.4) is 0 Å². The van der Waals surface area contributed by atoms with Gasteiger partial charge in [0.05, 0.1) is 17.3 Å². The average molecular weight is 402 g/mol. The first kappa shape index (κ1) is 21.1. The number of benzene rings is 1. The van der Waals surface area contributed by atoms with Crippen molar-refractivity contribution >= 4 is 11.9 Å². The predicted octanol–water partition coefficient (Wildman–Crippen LogP) is 3.46. The van der Waals surface area contributed by atoms with Gasteiger partial charge in [0.15, 0.2) is 0 Å². The fraction of sp³-hybridized carbons (Fsp3) is 0.235. The third-order valence-corrected chi connectivity index (χ3v) is 3.59. The first-order valence-corrected chi connectivity index (χ1v) is 7.85. The van der Waals surface area contributed by atoms with Crippen LogP contribution in [0.25, 0.3) is 11.1 Å². The van der Waals surface area contributed by atoms with Gasteiger partial charge in [-0.15, -0.1) is 0 Å². The summed E-state index contributed by atoms with van der Waals surface area (Å²) in [7, 11) is 0. The van der Waals surface area contributed by atoms with E-state index in [1.807, 2.05) is 10.9 Å². The lowest BCUT2D eigenvalue weighted by atomic mass is 9.99. The molecule has 1 atom stereocenters. The second kappa shape index (κ2) is 8.19. The average Bonchev–Trinajstić information content (AvgIpc) is 2.58. The van der Waals surface area contributed by atoms with Crippen molar-refractivity contribution in [1.82, 2.24) is 21.2 Å². The van der Waals surface area contributed by atoms with Crippen LogP contribution >= 0.6 is 0 Å². The lowest BCUT2D eigenvalue weighted by molar-refractivity contribution is -0.139. The fourth-order valence-corrected chi connectivity index (χ4v) is 2.41. The summed E-state index contributed by atoms with van der Waals surface area (Å²) < 4.78 is 67.5. The smallest absolute Gasteiger partial charge is 0.329 e. The molecule has 0 aliphatic heterocycles. The molecule has 0 spiro atoms. The number of hydrazine groups is 1. The molecule has 3 amide bonds. The minimum atomic E-state index is -4.98. The number of hydrogen-bond donors (Lipinski definition) is 3. The number of urea groups is 1. The number of rotatable bonds is 3. The van der Waals surface area contributed by atoms with Crippen molar-refractivity contribution in [2.45, 2.75) is 26.1 Å². The van der Waals surface area contributed by atoms with Crippen LogP contribution in [0.2, 0.25) is 0 Å². The molecule has 28 heavy (non-hydrogen) atoms. The molecule has 6 nitrogen and oxygen atoms in total. The summed E-state index contributed by atoms with van der Waals surface area (Å²) in [6.07, 6.45) is -4.03. The van der Waals surface area contributed by atoms with Gasteiger partial charge in [-0.25, -0.2) is 19.0 Å². The van der Waals surface area contributed by atoms with Crippen LogP contribution in [0.4, 0.5) is 26.7 Å². The van der Waals surface area contributed by atoms with Crippen LogP contribution in [0, 0.1) is 11.6 Å². The van der Waals surface area contributed by atoms with Gasteiger partial charge in [-0.1, -0.05) is 12.1 Å². The molecule has 1 heterocycles. The second-order valence-electron chi connectivity index (χ2n) is 5.75. The number of carbonyl (C=O) groups excluding carboxylic acids is 2. The Hall–Kier alpha value is -3.24. The number of nitrogens with zero attached hydrogens (tertiary/aromatic N) is 1. The van der Waals surface area contributed by atoms with E-state index in [9.17, 15) is 31.5 Å². The largest absolute Gasteiger partial charge is 0.419 e. The van der Waals surface area contributed by atoms with Gasteiger partial charge in [0.25, 0.3) is 0 Å². The molecule has 150 valence electrons. The molecule has 1 unspecified atom stereocenters. The van der Waals surface area contributed by atoms with Crippen LogP contribution in [-0.2, 0) is 11.0 Å². The standard InChI is InChI=1S/C17H15F5N4O2/c1-8(24-16(28)26-25-9(2)27)15-13(19)6-10(7-23-15)11-4-3-5-12(18)14(11)17(20,21)22/h3-8H,1-2H3,(H,25,27)(H2,24,26,28). The summed E-state index contributed by atoms with van der Waals surface area (Å²) in [5, 5.41) is 2.29.